The van der Waals surface area contributed by atoms with E-state index in [1.807, 2.05) is 31.2 Å². The van der Waals surface area contributed by atoms with Crippen LogP contribution in [0.25, 0.3) is 5.76 Å². The van der Waals surface area contributed by atoms with Crippen LogP contribution in [0.15, 0.2) is 60.2 Å². The summed E-state index contributed by atoms with van der Waals surface area (Å²) in [6.45, 7) is 2.03. The lowest BCUT2D eigenvalue weighted by Crippen LogP contribution is -2.29. The molecule has 0 aromatic heterocycles. The van der Waals surface area contributed by atoms with Crippen LogP contribution in [0.3, 0.4) is 0 Å². The fraction of sp³-hybridized carbons (Fsp3) is 0.214. The van der Waals surface area contributed by atoms with Crippen molar-refractivity contribution in [2.75, 3.05) is 26.2 Å². The minimum absolute atomic E-state index is 0.103. The fourth-order valence-corrected chi connectivity index (χ4v) is 4.97. The average Bonchev–Trinajstić information content (AvgIpc) is 3.17. The SMILES string of the molecule is CCc1ccc(C2/C(=C(\O)c3cc(Cl)c(OC)c(Cl)c3)C(=O)C(=O)N2c2cc(OC)cc(OC)c2)cc1. The number of methoxy groups -OCH3 is 3. The van der Waals surface area contributed by atoms with Crippen molar-refractivity contribution >= 4 is 46.3 Å². The summed E-state index contributed by atoms with van der Waals surface area (Å²) in [5.74, 6) is -0.976. The van der Waals surface area contributed by atoms with Gasteiger partial charge in [0.15, 0.2) is 5.75 Å². The molecule has 1 aliphatic rings. The van der Waals surface area contributed by atoms with Gasteiger partial charge in [-0.3, -0.25) is 14.5 Å². The molecule has 37 heavy (non-hydrogen) atoms. The predicted octanol–water partition coefficient (Wildman–Crippen LogP) is 6.21. The molecule has 0 spiro atoms. The van der Waals surface area contributed by atoms with Gasteiger partial charge in [-0.2, -0.15) is 0 Å². The molecule has 1 atom stereocenters. The van der Waals surface area contributed by atoms with Gasteiger partial charge in [0.1, 0.15) is 17.3 Å². The van der Waals surface area contributed by atoms with E-state index in [0.29, 0.717) is 22.7 Å². The number of hydrogen-bond acceptors (Lipinski definition) is 6. The molecule has 4 rings (SSSR count). The number of nitrogens with zero attached hydrogens (tertiary/aromatic N) is 1. The molecule has 192 valence electrons. The lowest BCUT2D eigenvalue weighted by Gasteiger charge is -2.26. The van der Waals surface area contributed by atoms with Crippen molar-refractivity contribution in [3.8, 4) is 17.2 Å². The van der Waals surface area contributed by atoms with Crippen molar-refractivity contribution in [2.45, 2.75) is 19.4 Å². The zero-order valence-corrected chi connectivity index (χ0v) is 22.2. The van der Waals surface area contributed by atoms with E-state index in [0.717, 1.165) is 12.0 Å². The minimum atomic E-state index is -0.942. The third-order valence-electron chi connectivity index (χ3n) is 6.24. The molecule has 3 aromatic carbocycles. The average molecular weight is 542 g/mol. The second kappa shape index (κ2) is 10.7. The maximum atomic E-state index is 13.5. The number of carbonyl (C=O) groups excluding carboxylic acids is 2. The first-order valence-electron chi connectivity index (χ1n) is 11.4. The number of ether oxygens (including phenoxy) is 3. The van der Waals surface area contributed by atoms with Gasteiger partial charge in [0.25, 0.3) is 11.7 Å². The summed E-state index contributed by atoms with van der Waals surface area (Å²) in [6.07, 6.45) is 0.816. The number of hydrogen-bond donors (Lipinski definition) is 1. The van der Waals surface area contributed by atoms with E-state index in [2.05, 4.69) is 0 Å². The summed E-state index contributed by atoms with van der Waals surface area (Å²) in [4.78, 5) is 28.2. The van der Waals surface area contributed by atoms with E-state index in [1.165, 1.54) is 38.4 Å². The van der Waals surface area contributed by atoms with Crippen LogP contribution in [0.2, 0.25) is 10.0 Å². The number of aliphatic hydroxyl groups excluding tert-OH is 1. The van der Waals surface area contributed by atoms with E-state index >= 15 is 0 Å². The molecule has 0 radical (unpaired) electrons. The number of anilines is 1. The van der Waals surface area contributed by atoms with Crippen molar-refractivity contribution < 1.29 is 28.9 Å². The summed E-state index contributed by atoms with van der Waals surface area (Å²) in [5, 5.41) is 11.7. The number of ketones is 1. The highest BCUT2D eigenvalue weighted by atomic mass is 35.5. The number of carbonyl (C=O) groups is 2. The van der Waals surface area contributed by atoms with Gasteiger partial charge in [-0.1, -0.05) is 54.4 Å². The molecule has 1 aliphatic heterocycles. The summed E-state index contributed by atoms with van der Waals surface area (Å²) >= 11 is 12.6. The molecule has 0 aliphatic carbocycles. The smallest absolute Gasteiger partial charge is 0.300 e. The van der Waals surface area contributed by atoms with Gasteiger partial charge in [-0.15, -0.1) is 0 Å². The van der Waals surface area contributed by atoms with E-state index in [-0.39, 0.29) is 26.9 Å². The zero-order valence-electron chi connectivity index (χ0n) is 20.7. The number of benzene rings is 3. The Labute approximate surface area is 224 Å². The first-order chi connectivity index (χ1) is 17.7. The highest BCUT2D eigenvalue weighted by Crippen LogP contribution is 2.45. The Hall–Kier alpha value is -3.68. The van der Waals surface area contributed by atoms with Gasteiger partial charge < -0.3 is 19.3 Å². The van der Waals surface area contributed by atoms with Crippen molar-refractivity contribution in [1.82, 2.24) is 0 Å². The zero-order chi connectivity index (χ0) is 26.9. The molecule has 7 nitrogen and oxygen atoms in total. The van der Waals surface area contributed by atoms with Crippen molar-refractivity contribution in [2.24, 2.45) is 0 Å². The first-order valence-corrected chi connectivity index (χ1v) is 12.2. The Balaban J connectivity index is 1.97. The van der Waals surface area contributed by atoms with Gasteiger partial charge in [0.05, 0.1) is 48.7 Å². The summed E-state index contributed by atoms with van der Waals surface area (Å²) in [5.41, 5.74) is 2.15. The topological polar surface area (TPSA) is 85.3 Å². The summed E-state index contributed by atoms with van der Waals surface area (Å²) in [6, 6.07) is 14.3. The van der Waals surface area contributed by atoms with Crippen LogP contribution in [0.1, 0.15) is 29.7 Å². The highest BCUT2D eigenvalue weighted by Gasteiger charge is 2.47. The number of aryl methyl sites for hydroxylation is 1. The van der Waals surface area contributed by atoms with Crippen LogP contribution in [-0.2, 0) is 16.0 Å². The fourth-order valence-electron chi connectivity index (χ4n) is 4.33. The lowest BCUT2D eigenvalue weighted by atomic mass is 9.94. The second-order valence-electron chi connectivity index (χ2n) is 8.31. The van der Waals surface area contributed by atoms with Crippen molar-refractivity contribution in [1.29, 1.82) is 0 Å². The molecule has 9 heteroatoms. The third-order valence-corrected chi connectivity index (χ3v) is 6.80. The van der Waals surface area contributed by atoms with E-state index < -0.39 is 23.5 Å². The monoisotopic (exact) mass is 541 g/mol. The third kappa shape index (κ3) is 4.84. The largest absolute Gasteiger partial charge is 0.507 e. The Morgan fingerprint density at radius 1 is 0.892 bits per heavy atom. The summed E-state index contributed by atoms with van der Waals surface area (Å²) < 4.78 is 15.9. The van der Waals surface area contributed by atoms with Crippen LogP contribution >= 0.6 is 23.2 Å². The van der Waals surface area contributed by atoms with Crippen LogP contribution in [0, 0.1) is 0 Å². The molecule has 1 amide bonds. The van der Waals surface area contributed by atoms with E-state index in [1.54, 1.807) is 18.2 Å². The Morgan fingerprint density at radius 3 is 1.95 bits per heavy atom. The Morgan fingerprint density at radius 2 is 1.46 bits per heavy atom. The van der Waals surface area contributed by atoms with E-state index in [9.17, 15) is 14.7 Å². The Bertz CT molecular complexity index is 1360. The van der Waals surface area contributed by atoms with Crippen molar-refractivity contribution in [3.63, 3.8) is 0 Å². The maximum Gasteiger partial charge on any atom is 0.300 e. The van der Waals surface area contributed by atoms with Crippen LogP contribution in [-0.4, -0.2) is 38.1 Å². The molecule has 1 unspecified atom stereocenters. The molecular formula is C28H25Cl2NO6. The van der Waals surface area contributed by atoms with Gasteiger partial charge in [0, 0.05) is 23.8 Å². The van der Waals surface area contributed by atoms with Crippen LogP contribution < -0.4 is 19.1 Å². The van der Waals surface area contributed by atoms with Gasteiger partial charge >= 0.3 is 0 Å². The molecule has 1 heterocycles. The lowest BCUT2D eigenvalue weighted by molar-refractivity contribution is -0.132. The molecular weight excluding hydrogens is 517 g/mol. The van der Waals surface area contributed by atoms with E-state index in [4.69, 9.17) is 37.4 Å². The number of aliphatic hydroxyl groups is 1. The minimum Gasteiger partial charge on any atom is -0.507 e. The van der Waals surface area contributed by atoms with Crippen molar-refractivity contribution in [3.05, 3.63) is 86.9 Å². The van der Waals surface area contributed by atoms with Gasteiger partial charge in [-0.25, -0.2) is 0 Å². The number of rotatable bonds is 7. The Kier molecular flexibility index (Phi) is 7.66. The summed E-state index contributed by atoms with van der Waals surface area (Å²) in [7, 11) is 4.40. The number of amides is 1. The number of halogens is 2. The quantitative estimate of drug-likeness (QED) is 0.217. The number of Topliss-reactive ketones (excluding diaryl/α,β-unsaturated/α-hetero) is 1. The standard InChI is InChI=1S/C28H25Cl2NO6/c1-5-15-6-8-16(9-7-15)24-23(25(32)17-10-21(29)27(37-4)22(30)11-17)26(33)28(34)31(24)18-12-19(35-2)14-20(13-18)36-3/h6-14,24,32H,5H2,1-4H3/b25-23+. The molecule has 0 saturated carbocycles. The maximum absolute atomic E-state index is 13.5. The van der Waals surface area contributed by atoms with Crippen LogP contribution in [0.4, 0.5) is 5.69 Å². The molecule has 1 N–H and O–H groups in total. The first kappa shape index (κ1) is 26.4. The highest BCUT2D eigenvalue weighted by molar-refractivity contribution is 6.51. The molecule has 3 aromatic rings. The molecule has 1 saturated heterocycles. The van der Waals surface area contributed by atoms with Gasteiger partial charge in [-0.05, 0) is 29.7 Å². The second-order valence-corrected chi connectivity index (χ2v) is 9.12. The van der Waals surface area contributed by atoms with Gasteiger partial charge in [0.2, 0.25) is 0 Å². The van der Waals surface area contributed by atoms with Crippen LogP contribution in [0.5, 0.6) is 17.2 Å². The predicted molar refractivity (Wildman–Crippen MR) is 143 cm³/mol. The molecule has 1 fully saturated rings. The molecule has 0 bridgehead atoms. The normalized spacial score (nSPS) is 16.7.